The predicted molar refractivity (Wildman–Crippen MR) is 124 cm³/mol. The second-order valence-corrected chi connectivity index (χ2v) is 13.3. The first-order chi connectivity index (χ1) is 15.5. The lowest BCUT2D eigenvalue weighted by molar-refractivity contribution is -0.170. The molecule has 0 bridgehead atoms. The summed E-state index contributed by atoms with van der Waals surface area (Å²) in [6.07, 6.45) is 7.10. The number of rotatable bonds is 4. The minimum atomic E-state index is -0.615. The number of aliphatic hydroxyl groups is 2. The van der Waals surface area contributed by atoms with Crippen molar-refractivity contribution in [3.8, 4) is 0 Å². The molecule has 4 aliphatic carbocycles. The fraction of sp³-hybridized carbons (Fsp3) is 0.893. The van der Waals surface area contributed by atoms with Gasteiger partial charge in [-0.1, -0.05) is 32.9 Å². The maximum Gasteiger partial charge on any atom is 0.313 e. The monoisotopic (exact) mass is 458 g/mol. The van der Waals surface area contributed by atoms with Gasteiger partial charge in [-0.25, -0.2) is 0 Å². The molecule has 33 heavy (non-hydrogen) atoms. The van der Waals surface area contributed by atoms with Gasteiger partial charge in [0.1, 0.15) is 11.2 Å². The number of epoxide rings is 1. The number of carbonyl (C=O) groups excluding carboxylic acids is 1. The van der Waals surface area contributed by atoms with Crippen molar-refractivity contribution in [1.29, 1.82) is 0 Å². The van der Waals surface area contributed by atoms with Gasteiger partial charge >= 0.3 is 5.97 Å². The van der Waals surface area contributed by atoms with Crippen LogP contribution < -0.4 is 0 Å². The highest BCUT2D eigenvalue weighted by Crippen LogP contribution is 2.78. The number of aliphatic hydroxyl groups excluding tert-OH is 2. The molecule has 184 valence electrons. The molecule has 6 fully saturated rings. The maximum atomic E-state index is 13.7. The number of hydrogen-bond acceptors (Lipinski definition) is 5. The number of fused-ring (bicyclic) bond motifs is 2. The van der Waals surface area contributed by atoms with Gasteiger partial charge < -0.3 is 19.7 Å². The van der Waals surface area contributed by atoms with Crippen molar-refractivity contribution in [3.05, 3.63) is 12.2 Å². The van der Waals surface area contributed by atoms with Gasteiger partial charge in [0.2, 0.25) is 0 Å². The van der Waals surface area contributed by atoms with Crippen LogP contribution in [0.4, 0.5) is 0 Å². The van der Waals surface area contributed by atoms with Crippen molar-refractivity contribution in [3.63, 3.8) is 0 Å². The second kappa shape index (κ2) is 6.85. The molecule has 9 unspecified atom stereocenters. The molecule has 6 rings (SSSR count). The van der Waals surface area contributed by atoms with Crippen molar-refractivity contribution >= 4 is 5.97 Å². The molecule has 0 amide bonds. The quantitative estimate of drug-likeness (QED) is 0.371. The van der Waals surface area contributed by atoms with E-state index >= 15 is 0 Å². The number of ether oxygens (including phenoxy) is 2. The first-order valence-corrected chi connectivity index (χ1v) is 13.4. The topological polar surface area (TPSA) is 79.3 Å². The van der Waals surface area contributed by atoms with E-state index in [4.69, 9.17) is 9.47 Å². The van der Waals surface area contributed by atoms with Gasteiger partial charge in [0, 0.05) is 11.8 Å². The van der Waals surface area contributed by atoms with E-state index in [-0.39, 0.29) is 41.0 Å². The fourth-order valence-electron chi connectivity index (χ4n) is 9.82. The zero-order valence-corrected chi connectivity index (χ0v) is 20.8. The van der Waals surface area contributed by atoms with Crippen LogP contribution in [-0.4, -0.2) is 45.7 Å². The number of esters is 1. The SMILES string of the molecule is C=C(CCC1(C)OC(=O)[C@]23CCC4C5(OC5C[C@H]5CC(O)CCC45C)C2C(O)CC13)C(C)C. The van der Waals surface area contributed by atoms with E-state index < -0.39 is 17.1 Å². The molecule has 2 aliphatic heterocycles. The zero-order chi connectivity index (χ0) is 23.6. The predicted octanol–water partition coefficient (Wildman–Crippen LogP) is 4.40. The van der Waals surface area contributed by atoms with E-state index in [1.54, 1.807) is 0 Å². The van der Waals surface area contributed by atoms with Crippen LogP contribution in [0.25, 0.3) is 0 Å². The van der Waals surface area contributed by atoms with E-state index in [9.17, 15) is 15.0 Å². The van der Waals surface area contributed by atoms with Crippen molar-refractivity contribution < 1.29 is 24.5 Å². The highest BCUT2D eigenvalue weighted by molar-refractivity contribution is 5.82. The molecule has 2 spiro atoms. The van der Waals surface area contributed by atoms with Gasteiger partial charge in [-0.15, -0.1) is 0 Å². The average Bonchev–Trinajstić information content (AvgIpc) is 3.28. The minimum absolute atomic E-state index is 0.0383. The summed E-state index contributed by atoms with van der Waals surface area (Å²) in [6.45, 7) is 13.1. The second-order valence-electron chi connectivity index (χ2n) is 13.3. The van der Waals surface area contributed by atoms with E-state index in [1.165, 1.54) is 5.57 Å². The standard InChI is InChI=1S/C28H42O5/c1-15(2)16(3)6-10-26(5)21-14-19(30)23-27(21,24(31)33-26)11-8-20-25(4)9-7-18(29)12-17(25)13-22-28(20,23)32-22/h15,17-23,29-30H,3,6-14H2,1-2,4-5H3/t17-,18?,19?,20?,21?,22?,23?,25?,26?,27+,28?/m1/s1. The van der Waals surface area contributed by atoms with E-state index in [0.717, 1.165) is 51.4 Å². The summed E-state index contributed by atoms with van der Waals surface area (Å²) in [6, 6.07) is 0. The van der Waals surface area contributed by atoms with Crippen molar-refractivity contribution in [2.75, 3.05) is 0 Å². The summed E-state index contributed by atoms with van der Waals surface area (Å²) in [5.41, 5.74) is -0.232. The van der Waals surface area contributed by atoms with E-state index in [2.05, 4.69) is 34.3 Å². The number of hydrogen-bond donors (Lipinski definition) is 2. The van der Waals surface area contributed by atoms with Gasteiger partial charge in [0.05, 0.1) is 23.7 Å². The van der Waals surface area contributed by atoms with Gasteiger partial charge in [0.25, 0.3) is 0 Å². The lowest BCUT2D eigenvalue weighted by Crippen LogP contribution is -2.62. The lowest BCUT2D eigenvalue weighted by Gasteiger charge is -2.58. The van der Waals surface area contributed by atoms with Crippen molar-refractivity contribution in [2.45, 2.75) is 115 Å². The Kier molecular flexibility index (Phi) is 4.68. The molecule has 4 saturated carbocycles. The summed E-state index contributed by atoms with van der Waals surface area (Å²) in [5, 5.41) is 21.9. The molecule has 2 N–H and O–H groups in total. The maximum absolute atomic E-state index is 13.7. The normalized spacial score (nSPS) is 56.3. The van der Waals surface area contributed by atoms with Crippen LogP contribution in [0.2, 0.25) is 0 Å². The summed E-state index contributed by atoms with van der Waals surface area (Å²) in [5.74, 6) is 1.03. The molecule has 2 saturated heterocycles. The van der Waals surface area contributed by atoms with E-state index in [1.807, 2.05) is 0 Å². The van der Waals surface area contributed by atoms with Crippen LogP contribution in [-0.2, 0) is 14.3 Å². The number of allylic oxidation sites excluding steroid dienone is 1. The Balaban J connectivity index is 1.34. The molecule has 0 radical (unpaired) electrons. The number of carbonyl (C=O) groups is 1. The highest BCUT2D eigenvalue weighted by Gasteiger charge is 2.85. The minimum Gasteiger partial charge on any atom is -0.459 e. The Labute approximate surface area is 198 Å². The van der Waals surface area contributed by atoms with Crippen LogP contribution in [0.1, 0.15) is 85.5 Å². The first kappa shape index (κ1) is 22.5. The third-order valence-electron chi connectivity index (χ3n) is 11.7. The molecular formula is C28H42O5. The van der Waals surface area contributed by atoms with Crippen molar-refractivity contribution in [2.24, 2.45) is 40.4 Å². The smallest absolute Gasteiger partial charge is 0.313 e. The Bertz CT molecular complexity index is 884. The van der Waals surface area contributed by atoms with Crippen LogP contribution >= 0.6 is 0 Å². The van der Waals surface area contributed by atoms with Crippen LogP contribution in [0.15, 0.2) is 12.2 Å². The summed E-state index contributed by atoms with van der Waals surface area (Å²) in [7, 11) is 0. The molecule has 11 atom stereocenters. The molecule has 5 heteroatoms. The third kappa shape index (κ3) is 2.68. The van der Waals surface area contributed by atoms with Crippen LogP contribution in [0, 0.1) is 40.4 Å². The molecule has 6 aliphatic rings. The highest BCUT2D eigenvalue weighted by atomic mass is 16.6. The van der Waals surface area contributed by atoms with Crippen LogP contribution in [0.3, 0.4) is 0 Å². The van der Waals surface area contributed by atoms with Gasteiger partial charge in [-0.3, -0.25) is 4.79 Å². The molecule has 5 nitrogen and oxygen atoms in total. The Morgan fingerprint density at radius 1 is 1.12 bits per heavy atom. The molecule has 0 aromatic rings. The first-order valence-electron chi connectivity index (χ1n) is 13.4. The molecular weight excluding hydrogens is 416 g/mol. The zero-order valence-electron chi connectivity index (χ0n) is 20.8. The summed E-state index contributed by atoms with van der Waals surface area (Å²) >= 11 is 0. The molecule has 0 aromatic heterocycles. The van der Waals surface area contributed by atoms with Gasteiger partial charge in [0.15, 0.2) is 0 Å². The Morgan fingerprint density at radius 2 is 1.88 bits per heavy atom. The van der Waals surface area contributed by atoms with Crippen LogP contribution in [0.5, 0.6) is 0 Å². The lowest BCUT2D eigenvalue weighted by atomic mass is 9.44. The van der Waals surface area contributed by atoms with E-state index in [0.29, 0.717) is 24.2 Å². The number of cyclic esters (lactones) is 1. The fourth-order valence-corrected chi connectivity index (χ4v) is 9.82. The summed E-state index contributed by atoms with van der Waals surface area (Å²) in [4.78, 5) is 13.7. The Morgan fingerprint density at radius 3 is 2.61 bits per heavy atom. The average molecular weight is 459 g/mol. The largest absolute Gasteiger partial charge is 0.459 e. The third-order valence-corrected chi connectivity index (χ3v) is 11.7. The van der Waals surface area contributed by atoms with Gasteiger partial charge in [-0.2, -0.15) is 0 Å². The molecule has 0 aromatic carbocycles. The summed E-state index contributed by atoms with van der Waals surface area (Å²) < 4.78 is 12.9. The Hall–Kier alpha value is -0.910. The molecule has 2 heterocycles. The van der Waals surface area contributed by atoms with Crippen molar-refractivity contribution in [1.82, 2.24) is 0 Å². The van der Waals surface area contributed by atoms with Gasteiger partial charge in [-0.05, 0) is 87.9 Å².